The average Bonchev–Trinajstić information content (AvgIpc) is 2.31. The van der Waals surface area contributed by atoms with Gasteiger partial charge in [0.05, 0.1) is 4.47 Å². The van der Waals surface area contributed by atoms with Crippen LogP contribution in [0.3, 0.4) is 0 Å². The molecule has 1 N–H and O–H groups in total. The van der Waals surface area contributed by atoms with Crippen LogP contribution in [-0.4, -0.2) is 31.6 Å². The molecule has 0 aliphatic rings. The fourth-order valence-corrected chi connectivity index (χ4v) is 2.44. The predicted octanol–water partition coefficient (Wildman–Crippen LogP) is 3.83. The lowest BCUT2D eigenvalue weighted by Gasteiger charge is -2.29. The second-order valence-corrected chi connectivity index (χ2v) is 6.53. The average molecular weight is 331 g/mol. The molecule has 1 aromatic carbocycles. The van der Waals surface area contributed by atoms with Crippen molar-refractivity contribution < 1.29 is 4.39 Å². The summed E-state index contributed by atoms with van der Waals surface area (Å²) in [6.45, 7) is 7.54. The molecule has 19 heavy (non-hydrogen) atoms. The zero-order valence-electron chi connectivity index (χ0n) is 12.4. The molecule has 108 valence electrons. The van der Waals surface area contributed by atoms with E-state index in [1.165, 1.54) is 6.07 Å². The van der Waals surface area contributed by atoms with Crippen molar-refractivity contribution in [2.75, 3.05) is 20.6 Å². The first-order valence-electron chi connectivity index (χ1n) is 6.67. The van der Waals surface area contributed by atoms with Gasteiger partial charge in [0.15, 0.2) is 0 Å². The van der Waals surface area contributed by atoms with Crippen LogP contribution in [0.25, 0.3) is 0 Å². The molecule has 0 bridgehead atoms. The SMILES string of the molecule is CC(NC(CN(C)C)C(C)C)c1ccc(F)c(Br)c1. The van der Waals surface area contributed by atoms with E-state index >= 15 is 0 Å². The zero-order valence-corrected chi connectivity index (χ0v) is 14.0. The van der Waals surface area contributed by atoms with Crippen molar-refractivity contribution in [3.05, 3.63) is 34.1 Å². The number of halogens is 2. The van der Waals surface area contributed by atoms with E-state index in [9.17, 15) is 4.39 Å². The van der Waals surface area contributed by atoms with Gasteiger partial charge in [-0.1, -0.05) is 19.9 Å². The minimum Gasteiger partial charge on any atom is -0.308 e. The molecule has 0 saturated carbocycles. The van der Waals surface area contributed by atoms with Gasteiger partial charge in [0.25, 0.3) is 0 Å². The molecule has 4 heteroatoms. The molecular formula is C15H24BrFN2. The van der Waals surface area contributed by atoms with E-state index in [1.807, 2.05) is 12.1 Å². The van der Waals surface area contributed by atoms with Crippen molar-refractivity contribution in [2.24, 2.45) is 5.92 Å². The summed E-state index contributed by atoms with van der Waals surface area (Å²) < 4.78 is 13.8. The number of likely N-dealkylation sites (N-methyl/N-ethyl adjacent to an activating group) is 1. The Morgan fingerprint density at radius 2 is 1.89 bits per heavy atom. The Balaban J connectivity index is 2.75. The lowest BCUT2D eigenvalue weighted by atomic mass is 10.0. The summed E-state index contributed by atoms with van der Waals surface area (Å²) >= 11 is 3.24. The van der Waals surface area contributed by atoms with E-state index in [4.69, 9.17) is 0 Å². The van der Waals surface area contributed by atoms with Gasteiger partial charge in [0.2, 0.25) is 0 Å². The van der Waals surface area contributed by atoms with Crippen molar-refractivity contribution in [1.29, 1.82) is 0 Å². The third kappa shape index (κ3) is 5.21. The Morgan fingerprint density at radius 3 is 2.37 bits per heavy atom. The summed E-state index contributed by atoms with van der Waals surface area (Å²) in [4.78, 5) is 2.19. The third-order valence-electron chi connectivity index (χ3n) is 3.27. The van der Waals surface area contributed by atoms with Crippen LogP contribution in [0.4, 0.5) is 4.39 Å². The maximum absolute atomic E-state index is 13.3. The summed E-state index contributed by atoms with van der Waals surface area (Å²) in [5.74, 6) is 0.332. The van der Waals surface area contributed by atoms with E-state index in [1.54, 1.807) is 0 Å². The van der Waals surface area contributed by atoms with Crippen molar-refractivity contribution >= 4 is 15.9 Å². The van der Waals surface area contributed by atoms with Gasteiger partial charge < -0.3 is 10.2 Å². The number of hydrogen-bond donors (Lipinski definition) is 1. The molecular weight excluding hydrogens is 307 g/mol. The van der Waals surface area contributed by atoms with Crippen LogP contribution in [0.1, 0.15) is 32.4 Å². The maximum atomic E-state index is 13.3. The highest BCUT2D eigenvalue weighted by molar-refractivity contribution is 9.10. The van der Waals surface area contributed by atoms with Crippen LogP contribution in [-0.2, 0) is 0 Å². The highest BCUT2D eigenvalue weighted by atomic mass is 79.9. The fraction of sp³-hybridized carbons (Fsp3) is 0.600. The topological polar surface area (TPSA) is 15.3 Å². The number of benzene rings is 1. The van der Waals surface area contributed by atoms with Crippen molar-refractivity contribution in [1.82, 2.24) is 10.2 Å². The molecule has 2 atom stereocenters. The quantitative estimate of drug-likeness (QED) is 0.852. The van der Waals surface area contributed by atoms with E-state index in [0.29, 0.717) is 16.4 Å². The molecule has 0 aliphatic carbocycles. The second kappa shape index (κ2) is 7.36. The third-order valence-corrected chi connectivity index (χ3v) is 3.88. The van der Waals surface area contributed by atoms with Gasteiger partial charge in [-0.25, -0.2) is 4.39 Å². The van der Waals surface area contributed by atoms with Crippen LogP contribution in [0.5, 0.6) is 0 Å². The minimum atomic E-state index is -0.218. The predicted molar refractivity (Wildman–Crippen MR) is 82.8 cm³/mol. The van der Waals surface area contributed by atoms with Crippen molar-refractivity contribution in [3.8, 4) is 0 Å². The van der Waals surface area contributed by atoms with Gasteiger partial charge in [0, 0.05) is 18.6 Å². The molecule has 0 amide bonds. The first-order valence-corrected chi connectivity index (χ1v) is 7.46. The van der Waals surface area contributed by atoms with Gasteiger partial charge in [-0.15, -0.1) is 0 Å². The minimum absolute atomic E-state index is 0.198. The Bertz CT molecular complexity index is 407. The van der Waals surface area contributed by atoms with Gasteiger partial charge in [0.1, 0.15) is 5.82 Å². The maximum Gasteiger partial charge on any atom is 0.137 e. The largest absolute Gasteiger partial charge is 0.308 e. The van der Waals surface area contributed by atoms with Crippen LogP contribution in [0.2, 0.25) is 0 Å². The number of hydrogen-bond acceptors (Lipinski definition) is 2. The molecule has 0 fully saturated rings. The molecule has 0 radical (unpaired) electrons. The van der Waals surface area contributed by atoms with Crippen LogP contribution >= 0.6 is 15.9 Å². The Morgan fingerprint density at radius 1 is 1.26 bits per heavy atom. The van der Waals surface area contributed by atoms with Crippen LogP contribution in [0.15, 0.2) is 22.7 Å². The van der Waals surface area contributed by atoms with E-state index < -0.39 is 0 Å². The fourth-order valence-electron chi connectivity index (χ4n) is 2.05. The van der Waals surface area contributed by atoms with Gasteiger partial charge >= 0.3 is 0 Å². The molecule has 1 rings (SSSR count). The van der Waals surface area contributed by atoms with Crippen LogP contribution in [0, 0.1) is 11.7 Å². The van der Waals surface area contributed by atoms with E-state index in [0.717, 1.165) is 12.1 Å². The lowest BCUT2D eigenvalue weighted by Crippen LogP contribution is -2.43. The molecule has 0 heterocycles. The number of rotatable bonds is 6. The standard InChI is InChI=1S/C15H24BrFN2/c1-10(2)15(9-19(4)5)18-11(3)12-6-7-14(17)13(16)8-12/h6-8,10-11,15,18H,9H2,1-5H3. The highest BCUT2D eigenvalue weighted by Gasteiger charge is 2.18. The summed E-state index contributed by atoms with van der Waals surface area (Å²) in [5.41, 5.74) is 1.10. The highest BCUT2D eigenvalue weighted by Crippen LogP contribution is 2.22. The first-order chi connectivity index (χ1) is 8.81. The normalized spacial score (nSPS) is 15.0. The Labute approximate surface area is 124 Å². The number of nitrogens with zero attached hydrogens (tertiary/aromatic N) is 1. The van der Waals surface area contributed by atoms with Gasteiger partial charge in [-0.3, -0.25) is 0 Å². The van der Waals surface area contributed by atoms with Crippen molar-refractivity contribution in [2.45, 2.75) is 32.9 Å². The second-order valence-electron chi connectivity index (χ2n) is 5.67. The van der Waals surface area contributed by atoms with Gasteiger partial charge in [-0.2, -0.15) is 0 Å². The molecule has 0 saturated heterocycles. The lowest BCUT2D eigenvalue weighted by molar-refractivity contribution is 0.273. The van der Waals surface area contributed by atoms with E-state index in [2.05, 4.69) is 61.0 Å². The monoisotopic (exact) mass is 330 g/mol. The molecule has 2 nitrogen and oxygen atoms in total. The molecule has 2 unspecified atom stereocenters. The van der Waals surface area contributed by atoms with Crippen molar-refractivity contribution in [3.63, 3.8) is 0 Å². The smallest absolute Gasteiger partial charge is 0.137 e. The summed E-state index contributed by atoms with van der Waals surface area (Å²) in [6, 6.07) is 5.80. The molecule has 1 aromatic rings. The first kappa shape index (κ1) is 16.6. The summed E-state index contributed by atoms with van der Waals surface area (Å²) in [6.07, 6.45) is 0. The summed E-state index contributed by atoms with van der Waals surface area (Å²) in [7, 11) is 4.16. The Kier molecular flexibility index (Phi) is 6.43. The molecule has 0 aliphatic heterocycles. The molecule has 0 aromatic heterocycles. The van der Waals surface area contributed by atoms with Gasteiger partial charge in [-0.05, 0) is 60.6 Å². The number of nitrogens with one attached hydrogen (secondary N) is 1. The van der Waals surface area contributed by atoms with Crippen LogP contribution < -0.4 is 5.32 Å². The van der Waals surface area contributed by atoms with E-state index in [-0.39, 0.29) is 11.9 Å². The molecule has 0 spiro atoms. The Hall–Kier alpha value is -0.450. The zero-order chi connectivity index (χ0) is 14.6. The summed E-state index contributed by atoms with van der Waals surface area (Å²) in [5, 5.41) is 3.63.